The minimum Gasteiger partial charge on any atom is -0.323 e. The molecule has 1 N–H and O–H groups in total. The van der Waals surface area contributed by atoms with Gasteiger partial charge in [0.1, 0.15) is 0 Å². The molecule has 0 aliphatic heterocycles. The van der Waals surface area contributed by atoms with Gasteiger partial charge >= 0.3 is 0 Å². The lowest BCUT2D eigenvalue weighted by atomic mass is 10.1. The van der Waals surface area contributed by atoms with E-state index in [0.29, 0.717) is 13.0 Å². The van der Waals surface area contributed by atoms with Gasteiger partial charge in [-0.1, -0.05) is 30.3 Å². The summed E-state index contributed by atoms with van der Waals surface area (Å²) in [6.07, 6.45) is 8.34. The summed E-state index contributed by atoms with van der Waals surface area (Å²) >= 11 is 3.33. The molecular weight excluding hydrogens is 370 g/mol. The summed E-state index contributed by atoms with van der Waals surface area (Å²) in [5.74, 6) is -0.0516. The Morgan fingerprint density at radius 1 is 1.04 bits per heavy atom. The Labute approximate surface area is 148 Å². The number of aromatic nitrogens is 4. The highest BCUT2D eigenvalue weighted by Gasteiger charge is 2.06. The second kappa shape index (κ2) is 7.92. The number of carbonyl (C=O) groups excluding carboxylic acids is 1. The molecule has 0 fully saturated rings. The van der Waals surface area contributed by atoms with Gasteiger partial charge in [0, 0.05) is 31.9 Å². The van der Waals surface area contributed by atoms with Crippen LogP contribution in [0.5, 0.6) is 0 Å². The topological polar surface area (TPSA) is 64.7 Å². The molecule has 1 amide bonds. The van der Waals surface area contributed by atoms with Gasteiger partial charge in [-0.2, -0.15) is 10.2 Å². The molecule has 3 aromatic rings. The van der Waals surface area contributed by atoms with Crippen molar-refractivity contribution in [2.45, 2.75) is 25.9 Å². The molecule has 3 rings (SSSR count). The zero-order chi connectivity index (χ0) is 16.8. The zero-order valence-electron chi connectivity index (χ0n) is 13.1. The monoisotopic (exact) mass is 387 g/mol. The largest absolute Gasteiger partial charge is 0.323 e. The molecule has 0 bridgehead atoms. The number of benzene rings is 1. The fourth-order valence-corrected chi connectivity index (χ4v) is 2.67. The van der Waals surface area contributed by atoms with Gasteiger partial charge in [-0.05, 0) is 27.9 Å². The van der Waals surface area contributed by atoms with Crippen molar-refractivity contribution in [3.63, 3.8) is 0 Å². The summed E-state index contributed by atoms with van der Waals surface area (Å²) in [6, 6.07) is 10.3. The van der Waals surface area contributed by atoms with Gasteiger partial charge in [0.15, 0.2) is 0 Å². The Hall–Kier alpha value is -2.41. The highest BCUT2D eigenvalue weighted by molar-refractivity contribution is 9.10. The van der Waals surface area contributed by atoms with Gasteiger partial charge in [0.2, 0.25) is 5.91 Å². The molecule has 0 aliphatic carbocycles. The van der Waals surface area contributed by atoms with Crippen molar-refractivity contribution in [3.8, 4) is 0 Å². The van der Waals surface area contributed by atoms with Crippen LogP contribution < -0.4 is 5.32 Å². The predicted octanol–water partition coefficient (Wildman–Crippen LogP) is 3.11. The van der Waals surface area contributed by atoms with Crippen molar-refractivity contribution in [3.05, 3.63) is 65.2 Å². The van der Waals surface area contributed by atoms with Crippen molar-refractivity contribution >= 4 is 27.5 Å². The molecule has 2 aromatic heterocycles. The Bertz CT molecular complexity index is 796. The van der Waals surface area contributed by atoms with E-state index in [1.807, 2.05) is 35.3 Å². The third-order valence-electron chi connectivity index (χ3n) is 3.56. The van der Waals surface area contributed by atoms with Gasteiger partial charge in [0.05, 0.1) is 22.6 Å². The first-order valence-electron chi connectivity index (χ1n) is 7.73. The zero-order valence-corrected chi connectivity index (χ0v) is 14.7. The molecule has 0 radical (unpaired) electrons. The van der Waals surface area contributed by atoms with Gasteiger partial charge in [-0.3, -0.25) is 14.2 Å². The minimum atomic E-state index is -0.0516. The summed E-state index contributed by atoms with van der Waals surface area (Å²) in [6.45, 7) is 1.32. The molecule has 0 spiro atoms. The molecular formula is C17H18BrN5O. The number of halogens is 1. The second-order valence-corrected chi connectivity index (χ2v) is 6.36. The van der Waals surface area contributed by atoms with Gasteiger partial charge < -0.3 is 5.32 Å². The fourth-order valence-electron chi connectivity index (χ4n) is 2.34. The number of hydrogen-bond acceptors (Lipinski definition) is 3. The highest BCUT2D eigenvalue weighted by atomic mass is 79.9. The van der Waals surface area contributed by atoms with Crippen LogP contribution in [-0.2, 0) is 24.3 Å². The van der Waals surface area contributed by atoms with Gasteiger partial charge in [0.25, 0.3) is 0 Å². The lowest BCUT2D eigenvalue weighted by Gasteiger charge is -2.03. The van der Waals surface area contributed by atoms with Gasteiger partial charge in [-0.25, -0.2) is 0 Å². The van der Waals surface area contributed by atoms with Crippen LogP contribution in [0.3, 0.4) is 0 Å². The van der Waals surface area contributed by atoms with Crippen molar-refractivity contribution in [1.82, 2.24) is 19.6 Å². The molecule has 0 saturated carbocycles. The van der Waals surface area contributed by atoms with Crippen molar-refractivity contribution in [2.75, 3.05) is 5.32 Å². The van der Waals surface area contributed by atoms with E-state index in [4.69, 9.17) is 0 Å². The Morgan fingerprint density at radius 3 is 2.54 bits per heavy atom. The van der Waals surface area contributed by atoms with Crippen molar-refractivity contribution < 1.29 is 4.79 Å². The molecule has 124 valence electrons. The number of aryl methyl sites for hydroxylation is 3. The SMILES string of the molecule is O=C(CCn1cc(Br)cn1)Nc1cnn(CCc2ccccc2)c1. The number of nitrogens with zero attached hydrogens (tertiary/aromatic N) is 4. The van der Waals surface area contributed by atoms with Crippen LogP contribution in [-0.4, -0.2) is 25.5 Å². The number of nitrogens with one attached hydrogen (secondary N) is 1. The number of amides is 1. The summed E-state index contributed by atoms with van der Waals surface area (Å²) in [4.78, 5) is 12.0. The quantitative estimate of drug-likeness (QED) is 0.677. The lowest BCUT2D eigenvalue weighted by Crippen LogP contribution is -2.14. The standard InChI is InChI=1S/C17H18BrN5O/c18-15-10-19-22(12-15)9-7-17(24)21-16-11-20-23(13-16)8-6-14-4-2-1-3-5-14/h1-5,10-13H,6-9H2,(H,21,24). The van der Waals surface area contributed by atoms with Gasteiger partial charge in [-0.15, -0.1) is 0 Å². The van der Waals surface area contributed by atoms with E-state index in [1.165, 1.54) is 5.56 Å². The van der Waals surface area contributed by atoms with E-state index >= 15 is 0 Å². The molecule has 1 aromatic carbocycles. The summed E-state index contributed by atoms with van der Waals surface area (Å²) in [5.41, 5.74) is 1.98. The van der Waals surface area contributed by atoms with Crippen molar-refractivity contribution in [2.24, 2.45) is 0 Å². The van der Waals surface area contributed by atoms with Crippen LogP contribution in [0.4, 0.5) is 5.69 Å². The Morgan fingerprint density at radius 2 is 1.79 bits per heavy atom. The normalized spacial score (nSPS) is 10.7. The van der Waals surface area contributed by atoms with Crippen LogP contribution >= 0.6 is 15.9 Å². The molecule has 24 heavy (non-hydrogen) atoms. The predicted molar refractivity (Wildman–Crippen MR) is 95.5 cm³/mol. The smallest absolute Gasteiger partial charge is 0.226 e. The molecule has 0 aliphatic rings. The fraction of sp³-hybridized carbons (Fsp3) is 0.235. The number of anilines is 1. The third kappa shape index (κ3) is 4.79. The maximum atomic E-state index is 12.0. The first-order valence-corrected chi connectivity index (χ1v) is 8.52. The highest BCUT2D eigenvalue weighted by Crippen LogP contribution is 2.09. The first-order chi connectivity index (χ1) is 11.7. The average Bonchev–Trinajstić information content (AvgIpc) is 3.21. The minimum absolute atomic E-state index is 0.0516. The third-order valence-corrected chi connectivity index (χ3v) is 3.97. The lowest BCUT2D eigenvalue weighted by molar-refractivity contribution is -0.116. The Kier molecular flexibility index (Phi) is 5.43. The number of rotatable bonds is 7. The summed E-state index contributed by atoms with van der Waals surface area (Å²) < 4.78 is 4.47. The summed E-state index contributed by atoms with van der Waals surface area (Å²) in [5, 5.41) is 11.3. The van der Waals surface area contributed by atoms with E-state index in [0.717, 1.165) is 23.1 Å². The average molecular weight is 388 g/mol. The maximum Gasteiger partial charge on any atom is 0.226 e. The van der Waals surface area contributed by atoms with E-state index in [2.05, 4.69) is 43.6 Å². The van der Waals surface area contributed by atoms with E-state index < -0.39 is 0 Å². The van der Waals surface area contributed by atoms with E-state index in [1.54, 1.807) is 17.1 Å². The van der Waals surface area contributed by atoms with Crippen LogP contribution in [0.1, 0.15) is 12.0 Å². The molecule has 6 nitrogen and oxygen atoms in total. The summed E-state index contributed by atoms with van der Waals surface area (Å²) in [7, 11) is 0. The number of hydrogen-bond donors (Lipinski definition) is 1. The second-order valence-electron chi connectivity index (χ2n) is 5.45. The molecule has 7 heteroatoms. The molecule has 0 saturated heterocycles. The molecule has 0 unspecified atom stereocenters. The van der Waals surface area contributed by atoms with Crippen LogP contribution in [0.15, 0.2) is 59.6 Å². The van der Waals surface area contributed by atoms with Crippen LogP contribution in [0.25, 0.3) is 0 Å². The number of carbonyl (C=O) groups is 1. The molecule has 2 heterocycles. The van der Waals surface area contributed by atoms with E-state index in [9.17, 15) is 4.79 Å². The maximum absolute atomic E-state index is 12.0. The van der Waals surface area contributed by atoms with Crippen molar-refractivity contribution in [1.29, 1.82) is 0 Å². The molecule has 0 atom stereocenters. The van der Waals surface area contributed by atoms with Crippen LogP contribution in [0, 0.1) is 0 Å². The first kappa shape index (κ1) is 16.4. The Balaban J connectivity index is 1.45. The van der Waals surface area contributed by atoms with E-state index in [-0.39, 0.29) is 5.91 Å². The van der Waals surface area contributed by atoms with Crippen LogP contribution in [0.2, 0.25) is 0 Å².